The first-order valence-electron chi connectivity index (χ1n) is 6.58. The number of amides is 3. The number of hydrogen-bond acceptors (Lipinski definition) is 5. The average molecular weight is 294 g/mol. The first-order chi connectivity index (χ1) is 9.91. The van der Waals surface area contributed by atoms with E-state index in [4.69, 9.17) is 4.42 Å². The zero-order valence-electron chi connectivity index (χ0n) is 12.3. The lowest BCUT2D eigenvalue weighted by Gasteiger charge is -2.40. The smallest absolute Gasteiger partial charge is 0.292 e. The lowest BCUT2D eigenvalue weighted by atomic mass is 10.1. The largest absolute Gasteiger partial charge is 0.438 e. The van der Waals surface area contributed by atoms with Gasteiger partial charge in [0.2, 0.25) is 17.6 Å². The number of oxazole rings is 1. The molecule has 3 amide bonds. The maximum Gasteiger partial charge on any atom is 0.292 e. The van der Waals surface area contributed by atoms with Crippen LogP contribution >= 0.6 is 0 Å². The fourth-order valence-electron chi connectivity index (χ4n) is 2.28. The van der Waals surface area contributed by atoms with E-state index < -0.39 is 11.9 Å². The number of aromatic nitrogens is 1. The summed E-state index contributed by atoms with van der Waals surface area (Å²) >= 11 is 0. The van der Waals surface area contributed by atoms with Gasteiger partial charge in [-0.05, 0) is 0 Å². The summed E-state index contributed by atoms with van der Waals surface area (Å²) in [6.45, 7) is 2.31. The van der Waals surface area contributed by atoms with E-state index in [9.17, 15) is 14.4 Å². The first-order valence-corrected chi connectivity index (χ1v) is 6.58. The Morgan fingerprint density at radius 1 is 1.33 bits per heavy atom. The van der Waals surface area contributed by atoms with Crippen LogP contribution in [0.1, 0.15) is 17.5 Å². The van der Waals surface area contributed by atoms with Gasteiger partial charge in [0.25, 0.3) is 5.91 Å². The van der Waals surface area contributed by atoms with Crippen molar-refractivity contribution in [3.63, 3.8) is 0 Å². The molecule has 2 heterocycles. The van der Waals surface area contributed by atoms with Crippen molar-refractivity contribution >= 4 is 17.7 Å². The Morgan fingerprint density at radius 3 is 2.57 bits per heavy atom. The lowest BCUT2D eigenvalue weighted by Crippen LogP contribution is -2.61. The highest BCUT2D eigenvalue weighted by atomic mass is 16.3. The summed E-state index contributed by atoms with van der Waals surface area (Å²) in [6.07, 6.45) is 2.48. The molecule has 1 saturated heterocycles. The van der Waals surface area contributed by atoms with E-state index in [0.717, 1.165) is 0 Å². The standard InChI is InChI=1S/C13H18N4O4/c1-9(18)16-4-5-17(10(7-16)12(19)15(2)3)13(20)11-6-14-8-21-11/h6,8,10H,4-5,7H2,1-3H3/t10-/m1/s1. The van der Waals surface area contributed by atoms with Crippen LogP contribution in [0.15, 0.2) is 17.0 Å². The molecule has 0 aromatic carbocycles. The number of likely N-dealkylation sites (N-methyl/N-ethyl adjacent to an activating group) is 1. The minimum Gasteiger partial charge on any atom is -0.438 e. The van der Waals surface area contributed by atoms with Gasteiger partial charge in [0, 0.05) is 34.1 Å². The van der Waals surface area contributed by atoms with Crippen LogP contribution in [-0.2, 0) is 9.59 Å². The van der Waals surface area contributed by atoms with Gasteiger partial charge in [-0.25, -0.2) is 4.98 Å². The van der Waals surface area contributed by atoms with E-state index in [1.54, 1.807) is 19.0 Å². The molecule has 2 rings (SSSR count). The van der Waals surface area contributed by atoms with Gasteiger partial charge in [0.1, 0.15) is 6.04 Å². The molecular formula is C13H18N4O4. The summed E-state index contributed by atoms with van der Waals surface area (Å²) in [4.78, 5) is 44.3. The molecule has 0 N–H and O–H groups in total. The SMILES string of the molecule is CC(=O)N1CCN(C(=O)c2cnco2)[C@@H](C(=O)N(C)C)C1. The third-order valence-corrected chi connectivity index (χ3v) is 3.46. The minimum absolute atomic E-state index is 0.0860. The molecule has 0 spiro atoms. The molecule has 1 aliphatic heterocycles. The van der Waals surface area contributed by atoms with Crippen molar-refractivity contribution in [1.29, 1.82) is 0 Å². The maximum atomic E-state index is 12.4. The summed E-state index contributed by atoms with van der Waals surface area (Å²) < 4.78 is 5.00. The van der Waals surface area contributed by atoms with Crippen molar-refractivity contribution in [2.45, 2.75) is 13.0 Å². The molecule has 21 heavy (non-hydrogen) atoms. The molecule has 1 aliphatic rings. The molecule has 0 saturated carbocycles. The highest BCUT2D eigenvalue weighted by Gasteiger charge is 2.38. The summed E-state index contributed by atoms with van der Waals surface area (Å²) in [5.41, 5.74) is 0. The van der Waals surface area contributed by atoms with Gasteiger partial charge < -0.3 is 19.1 Å². The van der Waals surface area contributed by atoms with Crippen molar-refractivity contribution < 1.29 is 18.8 Å². The van der Waals surface area contributed by atoms with Crippen LogP contribution in [0, 0.1) is 0 Å². The summed E-state index contributed by atoms with van der Waals surface area (Å²) in [6, 6.07) is -0.713. The number of piperazine rings is 1. The Bertz CT molecular complexity index is 540. The van der Waals surface area contributed by atoms with Gasteiger partial charge in [-0.15, -0.1) is 0 Å². The van der Waals surface area contributed by atoms with Gasteiger partial charge in [-0.1, -0.05) is 0 Å². The van der Waals surface area contributed by atoms with E-state index in [1.165, 1.54) is 29.3 Å². The van der Waals surface area contributed by atoms with Crippen molar-refractivity contribution in [2.75, 3.05) is 33.7 Å². The van der Waals surface area contributed by atoms with Gasteiger partial charge in [0.15, 0.2) is 6.39 Å². The Morgan fingerprint density at radius 2 is 2.05 bits per heavy atom. The average Bonchev–Trinajstić information content (AvgIpc) is 2.99. The normalized spacial score (nSPS) is 18.5. The molecule has 0 unspecified atom stereocenters. The Kier molecular flexibility index (Phi) is 4.25. The summed E-state index contributed by atoms with van der Waals surface area (Å²) in [7, 11) is 3.23. The molecule has 1 aromatic rings. The molecule has 114 valence electrons. The molecule has 1 atom stereocenters. The Balaban J connectivity index is 2.24. The molecule has 0 radical (unpaired) electrons. The van der Waals surface area contributed by atoms with Crippen molar-refractivity contribution in [3.05, 3.63) is 18.4 Å². The van der Waals surface area contributed by atoms with E-state index in [1.807, 2.05) is 0 Å². The first kappa shape index (κ1) is 15.0. The second kappa shape index (κ2) is 5.94. The summed E-state index contributed by atoms with van der Waals surface area (Å²) in [5.74, 6) is -0.647. The monoisotopic (exact) mass is 294 g/mol. The minimum atomic E-state index is -0.713. The topological polar surface area (TPSA) is 87.0 Å². The maximum absolute atomic E-state index is 12.4. The van der Waals surface area contributed by atoms with Crippen LogP contribution in [0.3, 0.4) is 0 Å². The van der Waals surface area contributed by atoms with Gasteiger partial charge in [0.05, 0.1) is 12.7 Å². The molecule has 1 aromatic heterocycles. The van der Waals surface area contributed by atoms with Crippen molar-refractivity contribution in [3.8, 4) is 0 Å². The predicted molar refractivity (Wildman–Crippen MR) is 72.3 cm³/mol. The second-order valence-electron chi connectivity index (χ2n) is 5.08. The number of hydrogen-bond donors (Lipinski definition) is 0. The third-order valence-electron chi connectivity index (χ3n) is 3.46. The molecule has 8 nitrogen and oxygen atoms in total. The van der Waals surface area contributed by atoms with Crippen LogP contribution < -0.4 is 0 Å². The number of carbonyl (C=O) groups excluding carboxylic acids is 3. The fraction of sp³-hybridized carbons (Fsp3) is 0.538. The quantitative estimate of drug-likeness (QED) is 0.729. The highest BCUT2D eigenvalue weighted by molar-refractivity contribution is 5.95. The second-order valence-corrected chi connectivity index (χ2v) is 5.08. The third kappa shape index (κ3) is 3.04. The summed E-state index contributed by atoms with van der Waals surface area (Å²) in [5, 5.41) is 0. The molecular weight excluding hydrogens is 276 g/mol. The number of carbonyl (C=O) groups is 3. The van der Waals surface area contributed by atoms with E-state index in [0.29, 0.717) is 6.54 Å². The zero-order valence-corrected chi connectivity index (χ0v) is 12.3. The molecule has 0 bridgehead atoms. The van der Waals surface area contributed by atoms with Crippen LogP contribution in [0.25, 0.3) is 0 Å². The predicted octanol–water partition coefficient (Wildman–Crippen LogP) is -0.564. The Hall–Kier alpha value is -2.38. The van der Waals surface area contributed by atoms with Gasteiger partial charge in [-0.2, -0.15) is 0 Å². The van der Waals surface area contributed by atoms with E-state index >= 15 is 0 Å². The van der Waals surface area contributed by atoms with Crippen LogP contribution in [0.5, 0.6) is 0 Å². The number of nitrogens with zero attached hydrogens (tertiary/aromatic N) is 4. The van der Waals surface area contributed by atoms with Crippen LogP contribution in [-0.4, -0.2) is 77.2 Å². The van der Waals surface area contributed by atoms with Crippen LogP contribution in [0.4, 0.5) is 0 Å². The zero-order chi connectivity index (χ0) is 15.6. The van der Waals surface area contributed by atoms with Crippen molar-refractivity contribution in [2.24, 2.45) is 0 Å². The molecule has 0 aliphatic carbocycles. The van der Waals surface area contributed by atoms with Crippen molar-refractivity contribution in [1.82, 2.24) is 19.7 Å². The highest BCUT2D eigenvalue weighted by Crippen LogP contribution is 2.16. The number of rotatable bonds is 2. The fourth-order valence-corrected chi connectivity index (χ4v) is 2.28. The van der Waals surface area contributed by atoms with Gasteiger partial charge >= 0.3 is 0 Å². The van der Waals surface area contributed by atoms with E-state index in [-0.39, 0.29) is 30.7 Å². The van der Waals surface area contributed by atoms with Crippen LogP contribution in [0.2, 0.25) is 0 Å². The lowest BCUT2D eigenvalue weighted by molar-refractivity contribution is -0.139. The molecule has 8 heteroatoms. The van der Waals surface area contributed by atoms with E-state index in [2.05, 4.69) is 4.98 Å². The Labute approximate surface area is 122 Å². The molecule has 1 fully saturated rings. The van der Waals surface area contributed by atoms with Gasteiger partial charge in [-0.3, -0.25) is 14.4 Å².